The summed E-state index contributed by atoms with van der Waals surface area (Å²) in [5, 5.41) is 18.0. The van der Waals surface area contributed by atoms with Gasteiger partial charge in [-0.15, -0.1) is 33.6 Å². The molecule has 0 amide bonds. The molecule has 0 saturated carbocycles. The molecule has 194 valence electrons. The molecule has 0 saturated heterocycles. The second kappa shape index (κ2) is 12.6. The molecule has 0 atom stereocenters. The Morgan fingerprint density at radius 2 is 1.05 bits per heavy atom. The zero-order chi connectivity index (χ0) is 27.1. The Labute approximate surface area is 225 Å². The molecule has 38 heavy (non-hydrogen) atoms. The number of Topliss-reactive ketones (excluding diaryl/α,β-unsaturated/α-hetero) is 2. The predicted molar refractivity (Wildman–Crippen MR) is 142 cm³/mol. The van der Waals surface area contributed by atoms with Gasteiger partial charge in [0.1, 0.15) is 11.6 Å². The fraction of sp³-hybridized carbons (Fsp3) is 0.154. The number of rotatable bonds is 13. The predicted octanol–water partition coefficient (Wildman–Crippen LogP) is 5.14. The number of ketones is 2. The number of aromatic nitrogens is 6. The van der Waals surface area contributed by atoms with Crippen LogP contribution in [0.1, 0.15) is 20.7 Å². The van der Waals surface area contributed by atoms with Gasteiger partial charge >= 0.3 is 0 Å². The van der Waals surface area contributed by atoms with Crippen molar-refractivity contribution in [2.75, 3.05) is 11.5 Å². The van der Waals surface area contributed by atoms with Crippen LogP contribution < -0.4 is 0 Å². The average Bonchev–Trinajstić information content (AvgIpc) is 3.50. The number of hydrogen-bond donors (Lipinski definition) is 0. The van der Waals surface area contributed by atoms with Crippen molar-refractivity contribution < 1.29 is 18.4 Å². The molecule has 4 aromatic rings. The van der Waals surface area contributed by atoms with E-state index in [-0.39, 0.29) is 23.1 Å². The van der Waals surface area contributed by atoms with Gasteiger partial charge in [-0.2, -0.15) is 0 Å². The number of carbonyl (C=O) groups is 2. The highest BCUT2D eigenvalue weighted by Crippen LogP contribution is 2.27. The summed E-state index contributed by atoms with van der Waals surface area (Å²) < 4.78 is 29.9. The number of carbonyl (C=O) groups excluding carboxylic acids is 2. The molecule has 0 unspecified atom stereocenters. The average molecular weight is 553 g/mol. The molecule has 0 bridgehead atoms. The Kier molecular flexibility index (Phi) is 8.98. The van der Waals surface area contributed by atoms with Gasteiger partial charge in [-0.05, 0) is 48.5 Å². The van der Waals surface area contributed by atoms with Crippen molar-refractivity contribution in [3.8, 4) is 11.6 Å². The van der Waals surface area contributed by atoms with Crippen LogP contribution in [0.3, 0.4) is 0 Å². The lowest BCUT2D eigenvalue weighted by atomic mass is 10.1. The van der Waals surface area contributed by atoms with Crippen LogP contribution in [0.15, 0.2) is 84.2 Å². The number of hydrogen-bond acceptors (Lipinski definition) is 8. The van der Waals surface area contributed by atoms with Gasteiger partial charge in [-0.25, -0.2) is 8.78 Å². The maximum absolute atomic E-state index is 13.2. The van der Waals surface area contributed by atoms with E-state index >= 15 is 0 Å². The molecular formula is C26H22F2N6O2S2. The van der Waals surface area contributed by atoms with E-state index in [1.807, 2.05) is 0 Å². The second-order valence-electron chi connectivity index (χ2n) is 7.85. The number of benzene rings is 2. The SMILES string of the molecule is C=CCn1c(SCC(=O)c2ccc(F)cc2)nnc1-c1nnc(SCC(=O)c2ccc(F)cc2)n1CC=C. The van der Waals surface area contributed by atoms with E-state index < -0.39 is 11.6 Å². The van der Waals surface area contributed by atoms with Crippen molar-refractivity contribution >= 4 is 35.1 Å². The van der Waals surface area contributed by atoms with Crippen LogP contribution >= 0.6 is 23.5 Å². The maximum Gasteiger partial charge on any atom is 0.203 e. The van der Waals surface area contributed by atoms with Crippen LogP contribution in [0.2, 0.25) is 0 Å². The minimum absolute atomic E-state index is 0.0762. The number of allylic oxidation sites excluding steroid dienone is 2. The highest BCUT2D eigenvalue weighted by atomic mass is 32.2. The van der Waals surface area contributed by atoms with Crippen LogP contribution in [-0.4, -0.2) is 52.6 Å². The van der Waals surface area contributed by atoms with E-state index in [1.54, 1.807) is 21.3 Å². The molecule has 4 rings (SSSR count). The van der Waals surface area contributed by atoms with E-state index in [4.69, 9.17) is 0 Å². The van der Waals surface area contributed by atoms with E-state index in [2.05, 4.69) is 33.6 Å². The molecule has 12 heteroatoms. The quantitative estimate of drug-likeness (QED) is 0.128. The van der Waals surface area contributed by atoms with Crippen LogP contribution in [0.4, 0.5) is 8.78 Å². The summed E-state index contributed by atoms with van der Waals surface area (Å²) in [4.78, 5) is 25.1. The fourth-order valence-corrected chi connectivity index (χ4v) is 5.09. The van der Waals surface area contributed by atoms with Gasteiger partial charge in [0.05, 0.1) is 11.5 Å². The topological polar surface area (TPSA) is 95.6 Å². The second-order valence-corrected chi connectivity index (χ2v) is 9.73. The molecule has 0 N–H and O–H groups in total. The third-order valence-electron chi connectivity index (χ3n) is 5.25. The lowest BCUT2D eigenvalue weighted by Crippen LogP contribution is -2.09. The third-order valence-corrected chi connectivity index (χ3v) is 7.19. The highest BCUT2D eigenvalue weighted by molar-refractivity contribution is 8.00. The lowest BCUT2D eigenvalue weighted by molar-refractivity contribution is 0.101. The van der Waals surface area contributed by atoms with E-state index in [1.165, 1.54) is 72.1 Å². The maximum atomic E-state index is 13.2. The first-order chi connectivity index (χ1) is 18.4. The summed E-state index contributed by atoms with van der Waals surface area (Å²) in [6.07, 6.45) is 3.34. The molecule has 0 spiro atoms. The molecule has 2 aromatic heterocycles. The van der Waals surface area contributed by atoms with Crippen LogP contribution in [0, 0.1) is 11.6 Å². The first-order valence-corrected chi connectivity index (χ1v) is 13.3. The summed E-state index contributed by atoms with van der Waals surface area (Å²) in [6, 6.07) is 10.7. The van der Waals surface area contributed by atoms with Gasteiger partial charge in [0, 0.05) is 24.2 Å². The van der Waals surface area contributed by atoms with Crippen molar-refractivity contribution in [2.45, 2.75) is 23.4 Å². The van der Waals surface area contributed by atoms with Crippen molar-refractivity contribution in [3.05, 3.63) is 96.6 Å². The van der Waals surface area contributed by atoms with E-state index in [0.717, 1.165) is 0 Å². The minimum atomic E-state index is -0.412. The molecule has 0 fully saturated rings. The van der Waals surface area contributed by atoms with Gasteiger partial charge in [0.2, 0.25) is 11.6 Å². The standard InChI is InChI=1S/C26H22F2N6O2S2/c1-3-13-33-23(29-31-25(33)37-15-21(35)17-5-9-19(27)10-6-17)24-30-32-26(34(24)14-4-2)38-16-22(36)18-7-11-20(28)12-8-18/h3-12H,1-2,13-16H2. The normalized spacial score (nSPS) is 10.9. The molecular weight excluding hydrogens is 530 g/mol. The molecule has 2 aromatic carbocycles. The van der Waals surface area contributed by atoms with Gasteiger partial charge < -0.3 is 0 Å². The van der Waals surface area contributed by atoms with Crippen LogP contribution in [-0.2, 0) is 13.1 Å². The van der Waals surface area contributed by atoms with Gasteiger partial charge in [0.25, 0.3) is 0 Å². The molecule has 2 heterocycles. The number of nitrogens with zero attached hydrogens (tertiary/aromatic N) is 6. The van der Waals surface area contributed by atoms with Gasteiger partial charge in [-0.1, -0.05) is 35.7 Å². The first kappa shape index (κ1) is 27.1. The van der Waals surface area contributed by atoms with E-state index in [0.29, 0.717) is 46.2 Å². The molecule has 0 radical (unpaired) electrons. The van der Waals surface area contributed by atoms with Gasteiger partial charge in [0.15, 0.2) is 21.9 Å². The fourth-order valence-electron chi connectivity index (χ4n) is 3.41. The van der Waals surface area contributed by atoms with Crippen molar-refractivity contribution in [2.24, 2.45) is 0 Å². The third kappa shape index (κ3) is 6.32. The number of halogens is 2. The Balaban J connectivity index is 1.54. The first-order valence-electron chi connectivity index (χ1n) is 11.3. The minimum Gasteiger partial charge on any atom is -0.295 e. The monoisotopic (exact) mass is 552 g/mol. The Bertz CT molecular complexity index is 1350. The van der Waals surface area contributed by atoms with Crippen LogP contribution in [0.25, 0.3) is 11.6 Å². The summed E-state index contributed by atoms with van der Waals surface area (Å²) >= 11 is 2.39. The summed E-state index contributed by atoms with van der Waals surface area (Å²) in [5.74, 6) is -0.204. The van der Waals surface area contributed by atoms with Crippen molar-refractivity contribution in [3.63, 3.8) is 0 Å². The van der Waals surface area contributed by atoms with E-state index in [9.17, 15) is 18.4 Å². The molecule has 8 nitrogen and oxygen atoms in total. The Morgan fingerprint density at radius 1 is 0.684 bits per heavy atom. The summed E-state index contributed by atoms with van der Waals surface area (Å²) in [6.45, 7) is 8.29. The smallest absolute Gasteiger partial charge is 0.203 e. The van der Waals surface area contributed by atoms with Crippen molar-refractivity contribution in [1.29, 1.82) is 0 Å². The molecule has 0 aliphatic rings. The van der Waals surface area contributed by atoms with Gasteiger partial charge in [-0.3, -0.25) is 18.7 Å². The van der Waals surface area contributed by atoms with Crippen LogP contribution in [0.5, 0.6) is 0 Å². The zero-order valence-electron chi connectivity index (χ0n) is 20.1. The van der Waals surface area contributed by atoms with Crippen molar-refractivity contribution in [1.82, 2.24) is 29.5 Å². The lowest BCUT2D eigenvalue weighted by Gasteiger charge is -2.09. The molecule has 0 aliphatic heterocycles. The zero-order valence-corrected chi connectivity index (χ0v) is 21.7. The molecule has 0 aliphatic carbocycles. The largest absolute Gasteiger partial charge is 0.295 e. The Hall–Kier alpha value is -3.90. The summed E-state index contributed by atoms with van der Waals surface area (Å²) in [7, 11) is 0. The summed E-state index contributed by atoms with van der Waals surface area (Å²) in [5.41, 5.74) is 0.799. The number of thioether (sulfide) groups is 2. The highest BCUT2D eigenvalue weighted by Gasteiger charge is 2.22. The Morgan fingerprint density at radius 3 is 1.39 bits per heavy atom.